The van der Waals surface area contributed by atoms with Crippen LogP contribution in [0.4, 0.5) is 4.79 Å². The van der Waals surface area contributed by atoms with Gasteiger partial charge in [-0.2, -0.15) is 0 Å². The zero-order valence-corrected chi connectivity index (χ0v) is 14.7. The highest BCUT2D eigenvalue weighted by molar-refractivity contribution is 7.11. The van der Waals surface area contributed by atoms with Crippen LogP contribution < -0.4 is 10.6 Å². The second-order valence-corrected chi connectivity index (χ2v) is 7.18. The van der Waals surface area contributed by atoms with E-state index in [9.17, 15) is 4.79 Å². The Bertz CT molecular complexity index is 639. The molecule has 0 atom stereocenters. The first-order valence-electron chi connectivity index (χ1n) is 7.89. The number of aromatic nitrogens is 2. The van der Waals surface area contributed by atoms with Gasteiger partial charge >= 0.3 is 6.03 Å². The van der Waals surface area contributed by atoms with E-state index in [4.69, 9.17) is 0 Å². The number of nitrogens with zero attached hydrogens (tertiary/aromatic N) is 2. The zero-order valence-electron chi connectivity index (χ0n) is 13.9. The molecule has 0 radical (unpaired) electrons. The van der Waals surface area contributed by atoms with Gasteiger partial charge in [-0.3, -0.25) is 4.98 Å². The van der Waals surface area contributed by atoms with Gasteiger partial charge in [0.25, 0.3) is 0 Å². The fourth-order valence-corrected chi connectivity index (χ4v) is 3.27. The topological polar surface area (TPSA) is 66.9 Å². The molecule has 0 aliphatic carbocycles. The molecule has 0 aliphatic rings. The Morgan fingerprint density at radius 2 is 2.13 bits per heavy atom. The van der Waals surface area contributed by atoms with Gasteiger partial charge in [0, 0.05) is 36.4 Å². The van der Waals surface area contributed by atoms with E-state index in [0.29, 0.717) is 19.0 Å². The predicted molar refractivity (Wildman–Crippen MR) is 93.6 cm³/mol. The molecule has 2 rings (SSSR count). The Morgan fingerprint density at radius 1 is 1.30 bits per heavy atom. The highest BCUT2D eigenvalue weighted by Crippen LogP contribution is 2.16. The summed E-state index contributed by atoms with van der Waals surface area (Å²) in [6, 6.07) is 1.85. The van der Waals surface area contributed by atoms with Crippen LogP contribution in [0.5, 0.6) is 0 Å². The van der Waals surface area contributed by atoms with E-state index in [1.807, 2.05) is 25.4 Å². The van der Waals surface area contributed by atoms with Crippen molar-refractivity contribution in [2.24, 2.45) is 5.92 Å². The first kappa shape index (κ1) is 17.4. The normalized spacial score (nSPS) is 10.8. The van der Waals surface area contributed by atoms with Crippen molar-refractivity contribution in [1.82, 2.24) is 20.6 Å². The molecule has 0 fully saturated rings. The monoisotopic (exact) mass is 332 g/mol. The summed E-state index contributed by atoms with van der Waals surface area (Å²) in [5.41, 5.74) is 2.36. The number of pyridine rings is 1. The van der Waals surface area contributed by atoms with Crippen LogP contribution >= 0.6 is 11.3 Å². The highest BCUT2D eigenvalue weighted by atomic mass is 32.1. The number of nitrogens with one attached hydrogen (secondary N) is 2. The van der Waals surface area contributed by atoms with Crippen LogP contribution in [0.2, 0.25) is 0 Å². The van der Waals surface area contributed by atoms with Crippen LogP contribution in [-0.4, -0.2) is 22.5 Å². The molecule has 0 saturated carbocycles. The predicted octanol–water partition coefficient (Wildman–Crippen LogP) is 3.09. The largest absolute Gasteiger partial charge is 0.338 e. The van der Waals surface area contributed by atoms with E-state index in [-0.39, 0.29) is 6.03 Å². The van der Waals surface area contributed by atoms with Crippen molar-refractivity contribution in [1.29, 1.82) is 0 Å². The highest BCUT2D eigenvalue weighted by Gasteiger charge is 2.06. The van der Waals surface area contributed by atoms with Crippen molar-refractivity contribution in [3.8, 4) is 0 Å². The molecular formula is C17H24N4OS. The molecule has 2 aromatic heterocycles. The lowest BCUT2D eigenvalue weighted by molar-refractivity contribution is 0.240. The van der Waals surface area contributed by atoms with Gasteiger partial charge in [-0.1, -0.05) is 13.8 Å². The number of carbonyl (C=O) groups excluding carboxylic acids is 1. The first-order valence-corrected chi connectivity index (χ1v) is 8.71. The Kier molecular flexibility index (Phi) is 6.52. The minimum atomic E-state index is -0.143. The Balaban J connectivity index is 1.69. The maximum Gasteiger partial charge on any atom is 0.315 e. The first-order chi connectivity index (χ1) is 11.0. The van der Waals surface area contributed by atoms with Crippen molar-refractivity contribution in [3.05, 3.63) is 45.7 Å². The van der Waals surface area contributed by atoms with Gasteiger partial charge in [0.1, 0.15) is 0 Å². The molecule has 5 nitrogen and oxygen atoms in total. The lowest BCUT2D eigenvalue weighted by atomic mass is 10.1. The molecular weight excluding hydrogens is 308 g/mol. The SMILES string of the molecule is Cc1cnccc1CCNC(=O)NCc1cnc(CC(C)C)s1. The summed E-state index contributed by atoms with van der Waals surface area (Å²) in [4.78, 5) is 21.4. The van der Waals surface area contributed by atoms with Crippen molar-refractivity contribution < 1.29 is 4.79 Å². The molecule has 0 saturated heterocycles. The number of rotatable bonds is 7. The van der Waals surface area contributed by atoms with Crippen molar-refractivity contribution in [2.75, 3.05) is 6.54 Å². The van der Waals surface area contributed by atoms with Gasteiger partial charge < -0.3 is 10.6 Å². The van der Waals surface area contributed by atoms with Gasteiger partial charge in [-0.15, -0.1) is 11.3 Å². The Morgan fingerprint density at radius 3 is 2.87 bits per heavy atom. The summed E-state index contributed by atoms with van der Waals surface area (Å²) in [5, 5.41) is 6.89. The fourth-order valence-electron chi connectivity index (χ4n) is 2.20. The molecule has 0 bridgehead atoms. The molecule has 6 heteroatoms. The van der Waals surface area contributed by atoms with Gasteiger partial charge in [0.2, 0.25) is 0 Å². The molecule has 2 aromatic rings. The number of hydrogen-bond acceptors (Lipinski definition) is 4. The molecule has 0 aliphatic heterocycles. The zero-order chi connectivity index (χ0) is 16.7. The number of hydrogen-bond donors (Lipinski definition) is 2. The molecule has 2 amide bonds. The Hall–Kier alpha value is -1.95. The number of urea groups is 1. The van der Waals surface area contributed by atoms with Gasteiger partial charge in [-0.25, -0.2) is 9.78 Å². The van der Waals surface area contributed by atoms with Crippen LogP contribution in [0, 0.1) is 12.8 Å². The van der Waals surface area contributed by atoms with E-state index in [0.717, 1.165) is 28.3 Å². The van der Waals surface area contributed by atoms with E-state index in [2.05, 4.69) is 34.4 Å². The third-order valence-corrected chi connectivity index (χ3v) is 4.44. The average Bonchev–Trinajstić information content (AvgIpc) is 2.94. The minimum absolute atomic E-state index is 0.143. The van der Waals surface area contributed by atoms with Gasteiger partial charge in [0.15, 0.2) is 0 Å². The summed E-state index contributed by atoms with van der Waals surface area (Å²) < 4.78 is 0. The van der Waals surface area contributed by atoms with Crippen LogP contribution in [0.25, 0.3) is 0 Å². The standard InChI is InChI=1S/C17H24N4OS/c1-12(2)8-16-20-10-15(23-16)11-21-17(22)19-7-5-14-4-6-18-9-13(14)3/h4,6,9-10,12H,5,7-8,11H2,1-3H3,(H2,19,21,22). The second-order valence-electron chi connectivity index (χ2n) is 5.98. The molecule has 0 spiro atoms. The molecule has 124 valence electrons. The molecule has 23 heavy (non-hydrogen) atoms. The van der Waals surface area contributed by atoms with Crippen LogP contribution in [-0.2, 0) is 19.4 Å². The smallest absolute Gasteiger partial charge is 0.315 e. The average molecular weight is 332 g/mol. The molecule has 2 heterocycles. The van der Waals surface area contributed by atoms with Crippen LogP contribution in [0.15, 0.2) is 24.7 Å². The maximum absolute atomic E-state index is 11.8. The summed E-state index contributed by atoms with van der Waals surface area (Å²) in [6.45, 7) is 7.52. The molecule has 0 aromatic carbocycles. The summed E-state index contributed by atoms with van der Waals surface area (Å²) in [7, 11) is 0. The number of amides is 2. The van der Waals surface area contributed by atoms with E-state index in [1.54, 1.807) is 17.5 Å². The van der Waals surface area contributed by atoms with Crippen molar-refractivity contribution in [2.45, 2.75) is 40.2 Å². The maximum atomic E-state index is 11.8. The molecule has 0 unspecified atom stereocenters. The third kappa shape index (κ3) is 5.98. The summed E-state index contributed by atoms with van der Waals surface area (Å²) >= 11 is 1.67. The molecule has 2 N–H and O–H groups in total. The second kappa shape index (κ2) is 8.62. The third-order valence-electron chi connectivity index (χ3n) is 3.42. The van der Waals surface area contributed by atoms with Crippen molar-refractivity contribution >= 4 is 17.4 Å². The van der Waals surface area contributed by atoms with Gasteiger partial charge in [0.05, 0.1) is 11.6 Å². The number of aryl methyl sites for hydroxylation is 1. The fraction of sp³-hybridized carbons (Fsp3) is 0.471. The number of carbonyl (C=O) groups is 1. The van der Waals surface area contributed by atoms with Crippen LogP contribution in [0.1, 0.15) is 34.9 Å². The lowest BCUT2D eigenvalue weighted by Gasteiger charge is -2.08. The quantitative estimate of drug-likeness (QED) is 0.819. The Labute approximate surface area is 141 Å². The van der Waals surface area contributed by atoms with Crippen molar-refractivity contribution in [3.63, 3.8) is 0 Å². The number of thiazole rings is 1. The minimum Gasteiger partial charge on any atom is -0.338 e. The lowest BCUT2D eigenvalue weighted by Crippen LogP contribution is -2.36. The summed E-state index contributed by atoms with van der Waals surface area (Å²) in [5.74, 6) is 0.599. The van der Waals surface area contributed by atoms with E-state index >= 15 is 0 Å². The van der Waals surface area contributed by atoms with E-state index < -0.39 is 0 Å². The van der Waals surface area contributed by atoms with Gasteiger partial charge in [-0.05, 0) is 36.5 Å². The van der Waals surface area contributed by atoms with E-state index in [1.165, 1.54) is 5.56 Å². The summed E-state index contributed by atoms with van der Waals surface area (Å²) in [6.07, 6.45) is 7.26. The van der Waals surface area contributed by atoms with Crippen LogP contribution in [0.3, 0.4) is 0 Å².